The number of hydrogen-bond acceptors (Lipinski definition) is 4. The minimum Gasteiger partial charge on any atom is -0.382 e. The number of anilines is 1. The van der Waals surface area contributed by atoms with Gasteiger partial charge in [0, 0.05) is 31.4 Å². The molecule has 0 aromatic heterocycles. The van der Waals surface area contributed by atoms with E-state index in [-0.39, 0.29) is 16.8 Å². The van der Waals surface area contributed by atoms with Crippen LogP contribution < -0.4 is 9.62 Å². The van der Waals surface area contributed by atoms with Gasteiger partial charge < -0.3 is 10.1 Å². The lowest BCUT2D eigenvalue weighted by atomic mass is 10.1. The number of benzene rings is 2. The van der Waals surface area contributed by atoms with E-state index in [4.69, 9.17) is 4.74 Å². The highest BCUT2D eigenvalue weighted by Gasteiger charge is 2.36. The van der Waals surface area contributed by atoms with Gasteiger partial charge in [0.25, 0.3) is 15.9 Å². The van der Waals surface area contributed by atoms with E-state index in [1.54, 1.807) is 48.5 Å². The lowest BCUT2D eigenvalue weighted by molar-refractivity contribution is 0.0944. The Labute approximate surface area is 166 Å². The minimum atomic E-state index is -3.64. The highest BCUT2D eigenvalue weighted by Crippen LogP contribution is 2.37. The van der Waals surface area contributed by atoms with Gasteiger partial charge in [-0.15, -0.1) is 0 Å². The molecule has 0 aliphatic carbocycles. The molecule has 1 heterocycles. The first-order valence-electron chi connectivity index (χ1n) is 9.53. The molecule has 1 aliphatic rings. The van der Waals surface area contributed by atoms with Gasteiger partial charge in [-0.1, -0.05) is 18.2 Å². The molecule has 1 N–H and O–H groups in total. The number of sulfonamides is 1. The number of amides is 1. The van der Waals surface area contributed by atoms with Gasteiger partial charge in [-0.3, -0.25) is 9.10 Å². The van der Waals surface area contributed by atoms with E-state index in [9.17, 15) is 13.2 Å². The lowest BCUT2D eigenvalue weighted by Crippen LogP contribution is -2.35. The van der Waals surface area contributed by atoms with E-state index in [0.717, 1.165) is 12.0 Å². The SMILES string of the molecule is CCOCCCNC(=O)c1ccc2c(c1)C[C@@H](C)N2S(=O)(=O)c1ccccc1. The Morgan fingerprint density at radius 1 is 1.21 bits per heavy atom. The van der Waals surface area contributed by atoms with Gasteiger partial charge in [-0.05, 0) is 62.6 Å². The van der Waals surface area contributed by atoms with Crippen LogP contribution in [-0.2, 0) is 21.2 Å². The number of ether oxygens (including phenoxy) is 1. The van der Waals surface area contributed by atoms with Crippen LogP contribution in [0.1, 0.15) is 36.2 Å². The molecule has 1 atom stereocenters. The summed E-state index contributed by atoms with van der Waals surface area (Å²) >= 11 is 0. The molecule has 0 spiro atoms. The standard InChI is InChI=1S/C21H26N2O4S/c1-3-27-13-7-12-22-21(24)17-10-11-20-18(15-17)14-16(2)23(20)28(25,26)19-8-5-4-6-9-19/h4-6,8-11,15-16H,3,7,12-14H2,1-2H3,(H,22,24)/t16-/m1/s1. The Hall–Kier alpha value is -2.38. The van der Waals surface area contributed by atoms with E-state index < -0.39 is 10.0 Å². The first-order valence-corrected chi connectivity index (χ1v) is 11.0. The molecule has 0 saturated heterocycles. The highest BCUT2D eigenvalue weighted by molar-refractivity contribution is 7.92. The second kappa shape index (κ2) is 8.75. The smallest absolute Gasteiger partial charge is 0.264 e. The molecule has 7 heteroatoms. The van der Waals surface area contributed by atoms with Gasteiger partial charge in [0.2, 0.25) is 0 Å². The maximum absolute atomic E-state index is 13.1. The monoisotopic (exact) mass is 402 g/mol. The fourth-order valence-electron chi connectivity index (χ4n) is 3.44. The summed E-state index contributed by atoms with van der Waals surface area (Å²) in [5.41, 5.74) is 2.06. The average molecular weight is 403 g/mol. The zero-order valence-electron chi connectivity index (χ0n) is 16.2. The van der Waals surface area contributed by atoms with Gasteiger partial charge in [-0.25, -0.2) is 8.42 Å². The molecule has 1 aliphatic heterocycles. The van der Waals surface area contributed by atoms with Crippen molar-refractivity contribution in [1.82, 2.24) is 5.32 Å². The zero-order chi connectivity index (χ0) is 20.1. The third-order valence-corrected chi connectivity index (χ3v) is 6.69. The van der Waals surface area contributed by atoms with E-state index in [1.165, 1.54) is 4.31 Å². The molecule has 3 rings (SSSR count). The molecule has 0 bridgehead atoms. The molecular formula is C21H26N2O4S. The Bertz CT molecular complexity index is 929. The van der Waals surface area contributed by atoms with Crippen molar-refractivity contribution in [1.29, 1.82) is 0 Å². The molecule has 0 unspecified atom stereocenters. The third kappa shape index (κ3) is 4.20. The second-order valence-corrected chi connectivity index (χ2v) is 8.63. The molecule has 0 fully saturated rings. The predicted molar refractivity (Wildman–Crippen MR) is 109 cm³/mol. The molecule has 2 aromatic rings. The first-order chi connectivity index (χ1) is 13.4. The zero-order valence-corrected chi connectivity index (χ0v) is 17.0. The molecule has 1 amide bonds. The summed E-state index contributed by atoms with van der Waals surface area (Å²) in [6, 6.07) is 13.4. The largest absolute Gasteiger partial charge is 0.382 e. The Kier molecular flexibility index (Phi) is 6.36. The van der Waals surface area contributed by atoms with Crippen LogP contribution in [0.25, 0.3) is 0 Å². The summed E-state index contributed by atoms with van der Waals surface area (Å²) in [7, 11) is -3.64. The van der Waals surface area contributed by atoms with Gasteiger partial charge >= 0.3 is 0 Å². The summed E-state index contributed by atoms with van der Waals surface area (Å²) in [5, 5.41) is 2.88. The third-order valence-electron chi connectivity index (χ3n) is 4.75. The maximum atomic E-state index is 13.1. The fourth-order valence-corrected chi connectivity index (χ4v) is 5.15. The Balaban J connectivity index is 1.77. The molecule has 28 heavy (non-hydrogen) atoms. The Morgan fingerprint density at radius 2 is 1.96 bits per heavy atom. The van der Waals surface area contributed by atoms with Crippen molar-refractivity contribution in [2.75, 3.05) is 24.1 Å². The summed E-state index contributed by atoms with van der Waals surface area (Å²) in [6.07, 6.45) is 1.33. The molecular weight excluding hydrogens is 376 g/mol. The van der Waals surface area contributed by atoms with Gasteiger partial charge in [0.1, 0.15) is 0 Å². The highest BCUT2D eigenvalue weighted by atomic mass is 32.2. The molecule has 6 nitrogen and oxygen atoms in total. The minimum absolute atomic E-state index is 0.156. The van der Waals surface area contributed by atoms with Crippen LogP contribution >= 0.6 is 0 Å². The molecule has 2 aromatic carbocycles. The number of carbonyl (C=O) groups excluding carboxylic acids is 1. The first kappa shape index (κ1) is 20.4. The van der Waals surface area contributed by atoms with Gasteiger partial charge in [0.15, 0.2) is 0 Å². The van der Waals surface area contributed by atoms with E-state index in [0.29, 0.717) is 37.4 Å². The molecule has 0 radical (unpaired) electrons. The number of hydrogen-bond donors (Lipinski definition) is 1. The number of nitrogens with zero attached hydrogens (tertiary/aromatic N) is 1. The van der Waals surface area contributed by atoms with Crippen LogP contribution in [-0.4, -0.2) is 40.1 Å². The summed E-state index contributed by atoms with van der Waals surface area (Å²) < 4.78 is 32.9. The second-order valence-electron chi connectivity index (χ2n) is 6.82. The number of fused-ring (bicyclic) bond motifs is 1. The van der Waals surface area contributed by atoms with Crippen LogP contribution in [0.2, 0.25) is 0 Å². The van der Waals surface area contributed by atoms with Crippen molar-refractivity contribution in [2.45, 2.75) is 37.6 Å². The maximum Gasteiger partial charge on any atom is 0.264 e. The van der Waals surface area contributed by atoms with Crippen molar-refractivity contribution in [3.05, 3.63) is 59.7 Å². The number of carbonyl (C=O) groups is 1. The molecule has 150 valence electrons. The van der Waals surface area contributed by atoms with Crippen molar-refractivity contribution < 1.29 is 17.9 Å². The fraction of sp³-hybridized carbons (Fsp3) is 0.381. The van der Waals surface area contributed by atoms with Crippen LogP contribution in [0.3, 0.4) is 0 Å². The molecule has 0 saturated carbocycles. The van der Waals surface area contributed by atoms with Gasteiger partial charge in [-0.2, -0.15) is 0 Å². The topological polar surface area (TPSA) is 75.7 Å². The van der Waals surface area contributed by atoms with E-state index in [2.05, 4.69) is 5.32 Å². The van der Waals surface area contributed by atoms with Crippen molar-refractivity contribution in [3.8, 4) is 0 Å². The van der Waals surface area contributed by atoms with Crippen molar-refractivity contribution in [2.24, 2.45) is 0 Å². The number of rotatable bonds is 8. The van der Waals surface area contributed by atoms with Crippen molar-refractivity contribution >= 4 is 21.6 Å². The average Bonchev–Trinajstić information content (AvgIpc) is 3.03. The summed E-state index contributed by atoms with van der Waals surface area (Å²) in [5.74, 6) is -0.156. The summed E-state index contributed by atoms with van der Waals surface area (Å²) in [6.45, 7) is 5.64. The van der Waals surface area contributed by atoms with Crippen LogP contribution in [0.5, 0.6) is 0 Å². The van der Waals surface area contributed by atoms with Crippen LogP contribution in [0, 0.1) is 0 Å². The van der Waals surface area contributed by atoms with Crippen LogP contribution in [0.4, 0.5) is 5.69 Å². The summed E-state index contributed by atoms with van der Waals surface area (Å²) in [4.78, 5) is 12.6. The van der Waals surface area contributed by atoms with Gasteiger partial charge in [0.05, 0.1) is 10.6 Å². The van der Waals surface area contributed by atoms with E-state index >= 15 is 0 Å². The van der Waals surface area contributed by atoms with Crippen molar-refractivity contribution in [3.63, 3.8) is 0 Å². The number of nitrogens with one attached hydrogen (secondary N) is 1. The lowest BCUT2D eigenvalue weighted by Gasteiger charge is -2.24. The van der Waals surface area contributed by atoms with E-state index in [1.807, 2.05) is 13.8 Å². The quantitative estimate of drug-likeness (QED) is 0.689. The predicted octanol–water partition coefficient (Wildman–Crippen LogP) is 2.98. The normalized spacial score (nSPS) is 16.1. The van der Waals surface area contributed by atoms with Crippen LogP contribution in [0.15, 0.2) is 53.4 Å². The Morgan fingerprint density at radius 3 is 2.68 bits per heavy atom.